The van der Waals surface area contributed by atoms with Gasteiger partial charge in [0.15, 0.2) is 0 Å². The van der Waals surface area contributed by atoms with Crippen molar-refractivity contribution < 1.29 is 36.9 Å². The third kappa shape index (κ3) is 17.2. The molecular weight excluding hydrogens is 513 g/mol. The normalized spacial score (nSPS) is 14.7. The van der Waals surface area contributed by atoms with Crippen molar-refractivity contribution in [3.8, 4) is 0 Å². The summed E-state index contributed by atoms with van der Waals surface area (Å²) in [6.07, 6.45) is -0.504. The van der Waals surface area contributed by atoms with Crippen LogP contribution in [-0.2, 0) is 36.9 Å². The van der Waals surface area contributed by atoms with E-state index in [1.807, 2.05) is 78.6 Å². The number of rotatable bonds is 12. The highest BCUT2D eigenvalue weighted by molar-refractivity contribution is 8.01. The molecular formula is C20H42O8SSi4. The Labute approximate surface area is 207 Å². The summed E-state index contributed by atoms with van der Waals surface area (Å²) in [6, 6.07) is 0. The maximum atomic E-state index is 13.0. The zero-order valence-corrected chi connectivity index (χ0v) is 27.1. The van der Waals surface area contributed by atoms with Crippen molar-refractivity contribution in [3.05, 3.63) is 0 Å². The van der Waals surface area contributed by atoms with Gasteiger partial charge in [-0.3, -0.25) is 19.2 Å². The number of carbonyl (C=O) groups excluding carboxylic acids is 4. The molecule has 0 aromatic rings. The minimum Gasteiger partial charge on any atom is -0.520 e. The number of thioether (sulfide) groups is 1. The van der Waals surface area contributed by atoms with Crippen LogP contribution in [0.3, 0.4) is 0 Å². The van der Waals surface area contributed by atoms with Crippen molar-refractivity contribution >= 4 is 68.9 Å². The summed E-state index contributed by atoms with van der Waals surface area (Å²) in [7, 11) is -8.87. The van der Waals surface area contributed by atoms with Crippen molar-refractivity contribution in [2.24, 2.45) is 0 Å². The first-order chi connectivity index (χ1) is 14.5. The highest BCUT2D eigenvalue weighted by atomic mass is 32.2. The first-order valence-electron chi connectivity index (χ1n) is 11.0. The highest BCUT2D eigenvalue weighted by Gasteiger charge is 2.38. The van der Waals surface area contributed by atoms with E-state index in [1.165, 1.54) is 0 Å². The van der Waals surface area contributed by atoms with Gasteiger partial charge in [0, 0.05) is 0 Å². The van der Waals surface area contributed by atoms with Gasteiger partial charge in [0.2, 0.25) is 33.3 Å². The average Bonchev–Trinajstić information content (AvgIpc) is 2.46. The molecule has 8 nitrogen and oxygen atoms in total. The molecule has 0 bridgehead atoms. The van der Waals surface area contributed by atoms with Crippen LogP contribution in [0.1, 0.15) is 12.8 Å². The van der Waals surface area contributed by atoms with Gasteiger partial charge in [-0.1, -0.05) is 0 Å². The lowest BCUT2D eigenvalue weighted by Gasteiger charge is -2.28. The van der Waals surface area contributed by atoms with Crippen LogP contribution in [0.5, 0.6) is 0 Å². The molecule has 0 saturated carbocycles. The maximum absolute atomic E-state index is 13.0. The molecule has 2 atom stereocenters. The molecule has 0 heterocycles. The molecule has 0 aliphatic rings. The van der Waals surface area contributed by atoms with Gasteiger partial charge in [0.25, 0.3) is 11.9 Å². The molecule has 33 heavy (non-hydrogen) atoms. The lowest BCUT2D eigenvalue weighted by Crippen LogP contribution is -2.41. The summed E-state index contributed by atoms with van der Waals surface area (Å²) in [6.45, 7) is 22.4. The molecule has 0 amide bonds. The summed E-state index contributed by atoms with van der Waals surface area (Å²) in [5.41, 5.74) is 0. The Morgan fingerprint density at radius 2 is 0.758 bits per heavy atom. The molecule has 2 unspecified atom stereocenters. The highest BCUT2D eigenvalue weighted by Crippen LogP contribution is 2.29. The monoisotopic (exact) mass is 554 g/mol. The number of hydrogen-bond donors (Lipinski definition) is 0. The lowest BCUT2D eigenvalue weighted by atomic mass is 10.3. The predicted octanol–water partition coefficient (Wildman–Crippen LogP) is 4.75. The Kier molecular flexibility index (Phi) is 11.8. The lowest BCUT2D eigenvalue weighted by molar-refractivity contribution is -0.141. The zero-order chi connectivity index (χ0) is 26.4. The molecule has 0 aromatic carbocycles. The Morgan fingerprint density at radius 3 is 0.970 bits per heavy atom. The van der Waals surface area contributed by atoms with Crippen LogP contribution >= 0.6 is 11.8 Å². The molecule has 0 aliphatic heterocycles. The van der Waals surface area contributed by atoms with Crippen molar-refractivity contribution in [2.45, 2.75) is 102 Å². The van der Waals surface area contributed by atoms with Crippen molar-refractivity contribution in [3.63, 3.8) is 0 Å². The molecule has 0 saturated heterocycles. The van der Waals surface area contributed by atoms with Gasteiger partial charge >= 0.3 is 11.9 Å². The van der Waals surface area contributed by atoms with E-state index in [2.05, 4.69) is 0 Å². The SMILES string of the molecule is C[Si](C)(C)OC(=O)CC(SC(CC(=O)O[Si](C)(C)C)C(=O)O[Si](C)(C)C)C(=O)O[Si](C)(C)C. The van der Waals surface area contributed by atoms with Gasteiger partial charge in [-0.25, -0.2) is 0 Å². The minimum atomic E-state index is -2.26. The zero-order valence-electron chi connectivity index (χ0n) is 22.2. The van der Waals surface area contributed by atoms with Crippen LogP contribution in [-0.4, -0.2) is 67.6 Å². The van der Waals surface area contributed by atoms with E-state index in [-0.39, 0.29) is 12.8 Å². The summed E-state index contributed by atoms with van der Waals surface area (Å²) in [4.78, 5) is 51.0. The van der Waals surface area contributed by atoms with E-state index in [9.17, 15) is 19.2 Å². The third-order valence-corrected chi connectivity index (χ3v) is 7.89. The number of carbonyl (C=O) groups is 4. The van der Waals surface area contributed by atoms with Crippen molar-refractivity contribution in [2.75, 3.05) is 0 Å². The average molecular weight is 555 g/mol. The predicted molar refractivity (Wildman–Crippen MR) is 142 cm³/mol. The fourth-order valence-electron chi connectivity index (χ4n) is 2.38. The summed E-state index contributed by atoms with van der Waals surface area (Å²) in [5.74, 6) is -2.23. The molecule has 192 valence electrons. The van der Waals surface area contributed by atoms with E-state index in [4.69, 9.17) is 17.7 Å². The molecule has 0 aliphatic carbocycles. The minimum absolute atomic E-state index is 0.252. The summed E-state index contributed by atoms with van der Waals surface area (Å²) >= 11 is 0.921. The number of hydrogen-bond acceptors (Lipinski definition) is 9. The van der Waals surface area contributed by atoms with E-state index >= 15 is 0 Å². The quantitative estimate of drug-likeness (QED) is 0.316. The van der Waals surface area contributed by atoms with E-state index in [0.29, 0.717) is 0 Å². The molecule has 0 rings (SSSR count). The first kappa shape index (κ1) is 32.1. The van der Waals surface area contributed by atoms with Crippen molar-refractivity contribution in [1.29, 1.82) is 0 Å². The Bertz CT molecular complexity index is 658. The molecule has 0 N–H and O–H groups in total. The van der Waals surface area contributed by atoms with Crippen LogP contribution in [0, 0.1) is 0 Å². The van der Waals surface area contributed by atoms with Gasteiger partial charge in [0.1, 0.15) is 10.5 Å². The largest absolute Gasteiger partial charge is 0.520 e. The standard InChI is InChI=1S/C20H42O8SSi4/c1-30(2,3)25-17(21)13-15(19(23)27-32(7,8)9)29-16(20(24)28-33(10,11)12)14-18(22)26-31(4,5)6/h15-16H,13-14H2,1-12H3. The topological polar surface area (TPSA) is 105 Å². The maximum Gasteiger partial charge on any atom is 0.306 e. The van der Waals surface area contributed by atoms with Gasteiger partial charge < -0.3 is 17.7 Å². The van der Waals surface area contributed by atoms with E-state index < -0.39 is 67.6 Å². The van der Waals surface area contributed by atoms with Crippen LogP contribution in [0.2, 0.25) is 78.6 Å². The van der Waals surface area contributed by atoms with Gasteiger partial charge in [-0.05, 0) is 78.6 Å². The van der Waals surface area contributed by atoms with Crippen LogP contribution in [0.25, 0.3) is 0 Å². The third-order valence-electron chi connectivity index (χ3n) is 3.21. The second-order valence-corrected chi connectivity index (χ2v) is 30.9. The Morgan fingerprint density at radius 1 is 0.515 bits per heavy atom. The van der Waals surface area contributed by atoms with Crippen LogP contribution < -0.4 is 0 Å². The Hall–Kier alpha value is -0.902. The fourth-order valence-corrected chi connectivity index (χ4v) is 6.75. The van der Waals surface area contributed by atoms with Gasteiger partial charge in [-0.15, -0.1) is 11.8 Å². The first-order valence-corrected chi connectivity index (χ1v) is 25.6. The summed E-state index contributed by atoms with van der Waals surface area (Å²) < 4.78 is 22.3. The van der Waals surface area contributed by atoms with Gasteiger partial charge in [0.05, 0.1) is 12.8 Å². The van der Waals surface area contributed by atoms with E-state index in [1.54, 1.807) is 0 Å². The van der Waals surface area contributed by atoms with Crippen LogP contribution in [0.15, 0.2) is 0 Å². The second kappa shape index (κ2) is 12.2. The summed E-state index contributed by atoms with van der Waals surface area (Å²) in [5, 5.41) is -2.00. The Balaban J connectivity index is 5.88. The molecule has 0 fully saturated rings. The molecule has 0 radical (unpaired) electrons. The molecule has 0 spiro atoms. The van der Waals surface area contributed by atoms with Gasteiger partial charge in [-0.2, -0.15) is 0 Å². The smallest absolute Gasteiger partial charge is 0.306 e. The van der Waals surface area contributed by atoms with Crippen LogP contribution in [0.4, 0.5) is 0 Å². The molecule has 13 heteroatoms. The van der Waals surface area contributed by atoms with Crippen molar-refractivity contribution in [1.82, 2.24) is 0 Å². The van der Waals surface area contributed by atoms with E-state index in [0.717, 1.165) is 11.8 Å². The second-order valence-electron chi connectivity index (χ2n) is 11.8. The molecule has 0 aromatic heterocycles. The fraction of sp³-hybridized carbons (Fsp3) is 0.800.